The monoisotopic (exact) mass is 348 g/mol. The molecule has 0 spiro atoms. The molecule has 24 heavy (non-hydrogen) atoms. The van der Waals surface area contributed by atoms with Crippen molar-refractivity contribution in [3.8, 4) is 0 Å². The van der Waals surface area contributed by atoms with Crippen LogP contribution in [0.25, 0.3) is 10.2 Å². The normalized spacial score (nSPS) is 16.0. The number of ether oxygens (including phenoxy) is 1. The second-order valence-electron chi connectivity index (χ2n) is 5.69. The molecule has 0 saturated carbocycles. The summed E-state index contributed by atoms with van der Waals surface area (Å²) >= 11 is 1.60. The van der Waals surface area contributed by atoms with Gasteiger partial charge < -0.3 is 20.3 Å². The molecule has 1 fully saturated rings. The van der Waals surface area contributed by atoms with E-state index in [1.165, 1.54) is 6.92 Å². The molecule has 2 N–H and O–H groups in total. The van der Waals surface area contributed by atoms with Crippen molar-refractivity contribution >= 4 is 44.2 Å². The molecule has 2 aromatic rings. The molecule has 2 heterocycles. The van der Waals surface area contributed by atoms with Crippen molar-refractivity contribution in [1.82, 2.24) is 10.3 Å². The lowest BCUT2D eigenvalue weighted by Crippen LogP contribution is -2.40. The van der Waals surface area contributed by atoms with E-state index in [-0.39, 0.29) is 11.8 Å². The number of nitrogens with one attached hydrogen (secondary N) is 2. The summed E-state index contributed by atoms with van der Waals surface area (Å²) in [5.74, 6) is -0.479. The lowest BCUT2D eigenvalue weighted by atomic mass is 10.2. The summed E-state index contributed by atoms with van der Waals surface area (Å²) in [7, 11) is 0. The first-order valence-corrected chi connectivity index (χ1v) is 8.66. The van der Waals surface area contributed by atoms with Gasteiger partial charge in [0.25, 0.3) is 0 Å². The number of hydrogen-bond donors (Lipinski definition) is 2. The summed E-state index contributed by atoms with van der Waals surface area (Å²) in [6, 6.07) is 5.05. The highest BCUT2D eigenvalue weighted by Crippen LogP contribution is 2.31. The molecule has 3 rings (SSSR count). The molecule has 1 aromatic carbocycles. The van der Waals surface area contributed by atoms with Gasteiger partial charge in [-0.05, 0) is 25.1 Å². The molecule has 8 heteroatoms. The maximum Gasteiger partial charge on any atom is 0.246 e. The number of carbonyl (C=O) groups is 2. The van der Waals surface area contributed by atoms with Gasteiger partial charge in [-0.1, -0.05) is 11.3 Å². The first-order valence-electron chi connectivity index (χ1n) is 7.84. The lowest BCUT2D eigenvalue weighted by Gasteiger charge is -2.25. The van der Waals surface area contributed by atoms with Crippen LogP contribution in [0.5, 0.6) is 0 Å². The highest BCUT2D eigenvalue weighted by atomic mass is 32.1. The number of thiazole rings is 1. The zero-order valence-electron chi connectivity index (χ0n) is 13.7. The molecule has 1 saturated heterocycles. The predicted molar refractivity (Wildman–Crippen MR) is 94.6 cm³/mol. The van der Waals surface area contributed by atoms with E-state index in [1.54, 1.807) is 18.3 Å². The van der Waals surface area contributed by atoms with E-state index in [4.69, 9.17) is 4.74 Å². The second kappa shape index (κ2) is 7.14. The van der Waals surface area contributed by atoms with Crippen LogP contribution in [0.3, 0.4) is 0 Å². The second-order valence-corrected chi connectivity index (χ2v) is 6.70. The summed E-state index contributed by atoms with van der Waals surface area (Å²) in [5.41, 5.74) is 1.61. The zero-order valence-corrected chi connectivity index (χ0v) is 14.5. The molecular weight excluding hydrogens is 328 g/mol. The van der Waals surface area contributed by atoms with Crippen molar-refractivity contribution in [1.29, 1.82) is 0 Å². The van der Waals surface area contributed by atoms with Crippen LogP contribution >= 0.6 is 11.3 Å². The number of aromatic nitrogens is 1. The smallest absolute Gasteiger partial charge is 0.246 e. The molecule has 0 radical (unpaired) electrons. The van der Waals surface area contributed by atoms with Crippen molar-refractivity contribution in [2.75, 3.05) is 36.5 Å². The van der Waals surface area contributed by atoms with Crippen LogP contribution in [0, 0.1) is 0 Å². The highest BCUT2D eigenvalue weighted by Gasteiger charge is 2.17. The van der Waals surface area contributed by atoms with E-state index in [0.29, 0.717) is 5.69 Å². The van der Waals surface area contributed by atoms with E-state index < -0.39 is 6.04 Å². The summed E-state index contributed by atoms with van der Waals surface area (Å²) in [4.78, 5) is 30.0. The number of benzene rings is 1. The number of morpholine rings is 1. The number of fused-ring (bicyclic) bond motifs is 1. The van der Waals surface area contributed by atoms with Gasteiger partial charge in [-0.15, -0.1) is 0 Å². The average Bonchev–Trinajstić information content (AvgIpc) is 2.98. The third-order valence-corrected chi connectivity index (χ3v) is 4.82. The minimum absolute atomic E-state index is 0.231. The van der Waals surface area contributed by atoms with Gasteiger partial charge in [0.05, 0.1) is 23.4 Å². The number of hydrogen-bond acceptors (Lipinski definition) is 6. The Kier molecular flexibility index (Phi) is 4.96. The SMILES string of the molecule is CC(=O)NC(C)C(=O)Nc1ccc2nc(N3CCOCC3)sc2c1. The van der Waals surface area contributed by atoms with Gasteiger partial charge in [0, 0.05) is 25.7 Å². The maximum atomic E-state index is 12.1. The summed E-state index contributed by atoms with van der Waals surface area (Å²) in [6.07, 6.45) is 0. The first kappa shape index (κ1) is 16.7. The Morgan fingerprint density at radius 2 is 2.08 bits per heavy atom. The fourth-order valence-electron chi connectivity index (χ4n) is 2.50. The molecule has 7 nitrogen and oxygen atoms in total. The van der Waals surface area contributed by atoms with Crippen molar-refractivity contribution in [3.63, 3.8) is 0 Å². The van der Waals surface area contributed by atoms with Crippen LogP contribution in [0.2, 0.25) is 0 Å². The van der Waals surface area contributed by atoms with Gasteiger partial charge in [-0.2, -0.15) is 0 Å². The average molecular weight is 348 g/mol. The number of carbonyl (C=O) groups excluding carboxylic acids is 2. The standard InChI is InChI=1S/C16H20N4O3S/c1-10(17-11(2)21)15(22)18-12-3-4-13-14(9-12)24-16(19-13)20-5-7-23-8-6-20/h3-4,9-10H,5-8H2,1-2H3,(H,17,21)(H,18,22). The molecule has 1 atom stereocenters. The first-order chi connectivity index (χ1) is 11.5. The Morgan fingerprint density at radius 3 is 2.79 bits per heavy atom. The van der Waals surface area contributed by atoms with Crippen LogP contribution in [0.4, 0.5) is 10.8 Å². The van der Waals surface area contributed by atoms with Crippen LogP contribution in [0.15, 0.2) is 18.2 Å². The fraction of sp³-hybridized carbons (Fsp3) is 0.438. The van der Waals surface area contributed by atoms with Gasteiger partial charge >= 0.3 is 0 Å². The van der Waals surface area contributed by atoms with Crippen LogP contribution in [-0.4, -0.2) is 49.1 Å². The molecule has 128 valence electrons. The largest absolute Gasteiger partial charge is 0.378 e. The van der Waals surface area contributed by atoms with Gasteiger partial charge in [0.1, 0.15) is 6.04 Å². The molecule has 1 aliphatic rings. The number of nitrogens with zero attached hydrogens (tertiary/aromatic N) is 2. The molecule has 1 aliphatic heterocycles. The van der Waals surface area contributed by atoms with Gasteiger partial charge in [0.15, 0.2) is 5.13 Å². The van der Waals surface area contributed by atoms with E-state index in [9.17, 15) is 9.59 Å². The lowest BCUT2D eigenvalue weighted by molar-refractivity contribution is -0.124. The maximum absolute atomic E-state index is 12.1. The Labute approximate surface area is 144 Å². The quantitative estimate of drug-likeness (QED) is 0.877. The zero-order chi connectivity index (χ0) is 17.1. The molecular formula is C16H20N4O3S. The topological polar surface area (TPSA) is 83.6 Å². The molecule has 0 bridgehead atoms. The summed E-state index contributed by atoms with van der Waals surface area (Å²) in [5, 5.41) is 6.36. The molecule has 1 aromatic heterocycles. The summed E-state index contributed by atoms with van der Waals surface area (Å²) in [6.45, 7) is 6.17. The minimum atomic E-state index is -0.580. The van der Waals surface area contributed by atoms with E-state index >= 15 is 0 Å². The van der Waals surface area contributed by atoms with Crippen molar-refractivity contribution < 1.29 is 14.3 Å². The van der Waals surface area contributed by atoms with E-state index in [1.807, 2.05) is 18.2 Å². The molecule has 0 aliphatic carbocycles. The number of rotatable bonds is 4. The van der Waals surface area contributed by atoms with Crippen LogP contribution in [-0.2, 0) is 14.3 Å². The third-order valence-electron chi connectivity index (χ3n) is 3.74. The number of anilines is 2. The van der Waals surface area contributed by atoms with Crippen molar-refractivity contribution in [2.45, 2.75) is 19.9 Å². The van der Waals surface area contributed by atoms with Gasteiger partial charge in [0.2, 0.25) is 11.8 Å². The highest BCUT2D eigenvalue weighted by molar-refractivity contribution is 7.22. The Bertz CT molecular complexity index is 755. The minimum Gasteiger partial charge on any atom is -0.378 e. The van der Waals surface area contributed by atoms with Crippen LogP contribution in [0.1, 0.15) is 13.8 Å². The van der Waals surface area contributed by atoms with Crippen molar-refractivity contribution in [2.24, 2.45) is 0 Å². The fourth-order valence-corrected chi connectivity index (χ4v) is 3.56. The Balaban J connectivity index is 1.73. The number of amides is 2. The van der Waals surface area contributed by atoms with Gasteiger partial charge in [-0.3, -0.25) is 9.59 Å². The Morgan fingerprint density at radius 1 is 1.33 bits per heavy atom. The molecule has 1 unspecified atom stereocenters. The van der Waals surface area contributed by atoms with E-state index in [0.717, 1.165) is 41.7 Å². The van der Waals surface area contributed by atoms with E-state index in [2.05, 4.69) is 20.5 Å². The van der Waals surface area contributed by atoms with Crippen LogP contribution < -0.4 is 15.5 Å². The summed E-state index contributed by atoms with van der Waals surface area (Å²) < 4.78 is 6.38. The predicted octanol–water partition coefficient (Wildman–Crippen LogP) is 1.60. The molecule has 2 amide bonds. The Hall–Kier alpha value is -2.19. The van der Waals surface area contributed by atoms with Gasteiger partial charge in [-0.25, -0.2) is 4.98 Å². The van der Waals surface area contributed by atoms with Crippen molar-refractivity contribution in [3.05, 3.63) is 18.2 Å². The third kappa shape index (κ3) is 3.82.